The quantitative estimate of drug-likeness (QED) is 0.168. The van der Waals surface area contributed by atoms with Gasteiger partial charge in [0.1, 0.15) is 0 Å². The van der Waals surface area contributed by atoms with Crippen molar-refractivity contribution < 1.29 is 0 Å². The molecule has 63 heavy (non-hydrogen) atoms. The smallest absolute Gasteiger partial charge is 0.214 e. The van der Waals surface area contributed by atoms with Crippen molar-refractivity contribution in [1.29, 1.82) is 0 Å². The summed E-state index contributed by atoms with van der Waals surface area (Å²) in [4.78, 5) is 18.3. The molecule has 6 heteroatoms. The molecule has 0 N–H and O–H groups in total. The first-order chi connectivity index (χ1) is 31.2. The zero-order valence-corrected chi connectivity index (χ0v) is 34.5. The third-order valence-corrected chi connectivity index (χ3v) is 12.4. The fourth-order valence-corrected chi connectivity index (χ4v) is 9.45. The minimum absolute atomic E-state index is 0.369. The van der Waals surface area contributed by atoms with Crippen LogP contribution >= 0.6 is 0 Å². The van der Waals surface area contributed by atoms with E-state index in [1.165, 1.54) is 10.8 Å². The fourth-order valence-electron chi connectivity index (χ4n) is 9.45. The minimum atomic E-state index is -0.369. The van der Waals surface area contributed by atoms with E-state index in [2.05, 4.69) is 227 Å². The summed E-state index contributed by atoms with van der Waals surface area (Å²) >= 11 is 0. The molecule has 0 aliphatic carbocycles. The van der Waals surface area contributed by atoms with Gasteiger partial charge in [-0.15, -0.1) is 0 Å². The molecule has 11 aromatic rings. The predicted molar refractivity (Wildman–Crippen MR) is 261 cm³/mol. The van der Waals surface area contributed by atoms with E-state index in [-0.39, 0.29) is 6.17 Å². The van der Waals surface area contributed by atoms with Crippen LogP contribution in [0.4, 0.5) is 0 Å². The van der Waals surface area contributed by atoms with Crippen molar-refractivity contribution in [1.82, 2.24) is 19.0 Å². The zero-order valence-electron chi connectivity index (χ0n) is 34.5. The monoisotopic (exact) mass is 808 g/mol. The highest BCUT2D eigenvalue weighted by Crippen LogP contribution is 2.42. The molecule has 8 aromatic carbocycles. The molecule has 1 atom stereocenters. The molecule has 6 nitrogen and oxygen atoms in total. The van der Waals surface area contributed by atoms with E-state index in [1.807, 2.05) is 12.1 Å². The van der Waals surface area contributed by atoms with E-state index < -0.39 is 0 Å². The van der Waals surface area contributed by atoms with Gasteiger partial charge in [0.25, 0.3) is 0 Å². The third kappa shape index (κ3) is 6.06. The molecular weight excluding hydrogens is 769 g/mol. The number of rotatable bonds is 6. The van der Waals surface area contributed by atoms with Gasteiger partial charge in [-0.05, 0) is 47.5 Å². The molecule has 12 rings (SSSR count). The highest BCUT2D eigenvalue weighted by atomic mass is 15.4. The predicted octanol–water partition coefficient (Wildman–Crippen LogP) is 13.6. The van der Waals surface area contributed by atoms with Gasteiger partial charge in [0.15, 0.2) is 12.0 Å². The molecule has 0 radical (unpaired) electrons. The van der Waals surface area contributed by atoms with Crippen molar-refractivity contribution in [3.8, 4) is 39.3 Å². The molecule has 1 aliphatic rings. The van der Waals surface area contributed by atoms with Gasteiger partial charge in [0, 0.05) is 56.5 Å². The molecule has 1 unspecified atom stereocenters. The number of aromatic nitrogens is 3. The zero-order chi connectivity index (χ0) is 41.9. The van der Waals surface area contributed by atoms with Crippen molar-refractivity contribution in [2.24, 2.45) is 9.98 Å². The largest absolute Gasteiger partial charge is 0.319 e. The summed E-state index contributed by atoms with van der Waals surface area (Å²) in [6.45, 7) is 0. The van der Waals surface area contributed by atoms with Crippen LogP contribution in [0.5, 0.6) is 0 Å². The molecule has 3 aromatic heterocycles. The van der Waals surface area contributed by atoms with Crippen molar-refractivity contribution in [2.45, 2.75) is 6.17 Å². The second kappa shape index (κ2) is 15.0. The van der Waals surface area contributed by atoms with Gasteiger partial charge in [0.2, 0.25) is 5.96 Å². The number of benzene rings is 8. The molecule has 0 spiro atoms. The SMILES string of the molecule is CN1C(n2c3ccccc3c3ccc4c5ccccc5n(-c5ccc(-c6cccc(-c7ccccc7)n6)cc5)c4c32)=NC(c2ccccc2)=NC1c1ccccc1-c1ccccc1. The van der Waals surface area contributed by atoms with Crippen LogP contribution in [0.3, 0.4) is 0 Å². The van der Waals surface area contributed by atoms with Crippen LogP contribution in [-0.4, -0.2) is 37.9 Å². The van der Waals surface area contributed by atoms with Crippen LogP contribution in [0.15, 0.2) is 228 Å². The van der Waals surface area contributed by atoms with Gasteiger partial charge < -0.3 is 9.47 Å². The second-order valence-corrected chi connectivity index (χ2v) is 16.1. The Morgan fingerprint density at radius 3 is 1.56 bits per heavy atom. The molecule has 0 fully saturated rings. The van der Waals surface area contributed by atoms with E-state index >= 15 is 0 Å². The summed E-state index contributed by atoms with van der Waals surface area (Å²) in [7, 11) is 2.13. The van der Waals surface area contributed by atoms with Gasteiger partial charge in [-0.1, -0.05) is 182 Å². The van der Waals surface area contributed by atoms with Crippen molar-refractivity contribution in [3.05, 3.63) is 230 Å². The lowest BCUT2D eigenvalue weighted by Crippen LogP contribution is -2.39. The fraction of sp³-hybridized carbons (Fsp3) is 0.0351. The molecule has 0 amide bonds. The summed E-state index contributed by atoms with van der Waals surface area (Å²) < 4.78 is 4.81. The summed E-state index contributed by atoms with van der Waals surface area (Å²) in [6.07, 6.45) is -0.369. The van der Waals surface area contributed by atoms with Crippen molar-refractivity contribution in [3.63, 3.8) is 0 Å². The Kier molecular flexibility index (Phi) is 8.68. The summed E-state index contributed by atoms with van der Waals surface area (Å²) in [5.41, 5.74) is 13.9. The van der Waals surface area contributed by atoms with Crippen LogP contribution in [0, 0.1) is 0 Å². The Bertz CT molecular complexity index is 3570. The maximum atomic E-state index is 5.53. The number of nitrogens with zero attached hydrogens (tertiary/aromatic N) is 6. The maximum Gasteiger partial charge on any atom is 0.214 e. The van der Waals surface area contributed by atoms with Crippen LogP contribution in [-0.2, 0) is 0 Å². The average molecular weight is 809 g/mol. The number of amidine groups is 1. The van der Waals surface area contributed by atoms with Crippen LogP contribution < -0.4 is 0 Å². The maximum absolute atomic E-state index is 5.53. The molecular formula is C57H40N6. The standard InChI is InChI=1S/C57H40N6/c1-61-56(48-27-12-11-24-43(48)38-18-5-2-6-19-38)59-55(41-22-9-4-10-23-41)60-57(61)63-52-31-16-14-26-45(52)47-37-36-46-44-25-13-15-30-51(44)62(53(46)54(47)63)42-34-32-40(33-35-42)50-29-17-28-49(58-50)39-20-7-3-8-21-39/h2-37,56H,1H3. The molecule has 4 heterocycles. The Morgan fingerprint density at radius 1 is 0.397 bits per heavy atom. The lowest BCUT2D eigenvalue weighted by molar-refractivity contribution is 0.373. The van der Waals surface area contributed by atoms with E-state index in [4.69, 9.17) is 15.0 Å². The first-order valence-corrected chi connectivity index (χ1v) is 21.4. The first kappa shape index (κ1) is 36.5. The molecule has 0 saturated heterocycles. The summed E-state index contributed by atoms with van der Waals surface area (Å²) in [5.74, 6) is 1.49. The van der Waals surface area contributed by atoms with E-state index in [0.717, 1.165) is 89.3 Å². The van der Waals surface area contributed by atoms with E-state index in [1.54, 1.807) is 0 Å². The van der Waals surface area contributed by atoms with Gasteiger partial charge in [0.05, 0.1) is 33.5 Å². The van der Waals surface area contributed by atoms with Crippen LogP contribution in [0.1, 0.15) is 17.3 Å². The summed E-state index contributed by atoms with van der Waals surface area (Å²) in [6, 6.07) is 77.1. The lowest BCUT2D eigenvalue weighted by Gasteiger charge is -2.34. The number of aliphatic imine (C=N–C) groups is 2. The van der Waals surface area contributed by atoms with E-state index in [9.17, 15) is 0 Å². The summed E-state index contributed by atoms with van der Waals surface area (Å²) in [5, 5.41) is 4.67. The normalized spacial score (nSPS) is 14.1. The topological polar surface area (TPSA) is 50.7 Å². The number of para-hydroxylation sites is 2. The number of pyridine rings is 1. The highest BCUT2D eigenvalue weighted by molar-refractivity contribution is 6.26. The first-order valence-electron chi connectivity index (χ1n) is 21.4. The van der Waals surface area contributed by atoms with Gasteiger partial charge in [-0.2, -0.15) is 4.99 Å². The Hall–Kier alpha value is -8.35. The number of fused-ring (bicyclic) bond motifs is 7. The Morgan fingerprint density at radius 2 is 0.905 bits per heavy atom. The second-order valence-electron chi connectivity index (χ2n) is 16.1. The molecule has 1 aliphatic heterocycles. The van der Waals surface area contributed by atoms with Crippen molar-refractivity contribution in [2.75, 3.05) is 7.05 Å². The van der Waals surface area contributed by atoms with Crippen LogP contribution in [0.2, 0.25) is 0 Å². The molecule has 0 bridgehead atoms. The van der Waals surface area contributed by atoms with Gasteiger partial charge in [-0.3, -0.25) is 4.57 Å². The van der Waals surface area contributed by atoms with E-state index in [0.29, 0.717) is 5.84 Å². The Balaban J connectivity index is 1.10. The van der Waals surface area contributed by atoms with Crippen LogP contribution in [0.25, 0.3) is 82.9 Å². The van der Waals surface area contributed by atoms with Gasteiger partial charge in [-0.25, -0.2) is 9.98 Å². The molecule has 298 valence electrons. The Labute approximate surface area is 365 Å². The van der Waals surface area contributed by atoms with Crippen molar-refractivity contribution >= 4 is 55.4 Å². The average Bonchev–Trinajstić information content (AvgIpc) is 3.88. The number of hydrogen-bond donors (Lipinski definition) is 0. The highest BCUT2D eigenvalue weighted by Gasteiger charge is 2.32. The minimum Gasteiger partial charge on any atom is -0.319 e. The van der Waals surface area contributed by atoms with Gasteiger partial charge >= 0.3 is 0 Å². The lowest BCUT2D eigenvalue weighted by atomic mass is 9.97. The third-order valence-electron chi connectivity index (χ3n) is 12.4. The number of hydrogen-bond acceptors (Lipinski definition) is 4. The molecule has 0 saturated carbocycles.